The molecule has 2 aliphatic heterocycles. The van der Waals surface area contributed by atoms with Crippen molar-refractivity contribution >= 4 is 33.2 Å². The zero-order valence-electron chi connectivity index (χ0n) is 23.7. The number of carbonyl (C=O) groups is 1. The van der Waals surface area contributed by atoms with Gasteiger partial charge in [-0.25, -0.2) is 13.1 Å². The fourth-order valence-corrected chi connectivity index (χ4v) is 8.98. The molecule has 218 valence electrons. The summed E-state index contributed by atoms with van der Waals surface area (Å²) in [6.45, 7) is 3.94. The third-order valence-corrected chi connectivity index (χ3v) is 12.4. The summed E-state index contributed by atoms with van der Waals surface area (Å²) in [5.74, 6) is 2.50. The first kappa shape index (κ1) is 27.3. The van der Waals surface area contributed by atoms with E-state index >= 15 is 0 Å². The van der Waals surface area contributed by atoms with Gasteiger partial charge in [0.2, 0.25) is 10.0 Å². The highest BCUT2D eigenvalue weighted by atomic mass is 35.5. The molecule has 0 radical (unpaired) electrons. The number of nitrogens with one attached hydrogen (secondary N) is 1. The van der Waals surface area contributed by atoms with Gasteiger partial charge >= 0.3 is 0 Å². The maximum atomic E-state index is 13.3. The van der Waals surface area contributed by atoms with E-state index in [1.807, 2.05) is 18.2 Å². The summed E-state index contributed by atoms with van der Waals surface area (Å²) in [4.78, 5) is 15.7. The van der Waals surface area contributed by atoms with Crippen molar-refractivity contribution in [3.05, 3.63) is 70.3 Å². The predicted molar refractivity (Wildman–Crippen MR) is 162 cm³/mol. The summed E-state index contributed by atoms with van der Waals surface area (Å²) in [6, 6.07) is 11.7. The molecule has 41 heavy (non-hydrogen) atoms. The summed E-state index contributed by atoms with van der Waals surface area (Å²) in [5.41, 5.74) is 3.66. The van der Waals surface area contributed by atoms with Crippen LogP contribution >= 0.6 is 11.6 Å². The number of rotatable bonds is 1. The minimum atomic E-state index is -3.82. The summed E-state index contributed by atoms with van der Waals surface area (Å²) >= 11 is 6.41. The summed E-state index contributed by atoms with van der Waals surface area (Å²) in [6.07, 6.45) is 12.8. The first-order valence-electron chi connectivity index (χ1n) is 15.3. The standard InChI is InChI=1S/C33H39ClN2O4S/c1-21-4-2-6-27(22-7-8-22)28-12-9-25(28)18-36-19-33(15-3-5-23-16-26(34)11-13-29(23)33)20-40-31-14-10-24(17-30(31)36)32(37)35-41(21,38)39/h2,6,10-11,13-14,16-17,21-22,25,27-28H,3-5,7-9,12,15,18-20H2,1H3,(H,35,37)/b6-2+/t21-,25?,27?,28?,33+/m1/s1. The second-order valence-corrected chi connectivity index (χ2v) is 15.7. The third-order valence-electron chi connectivity index (χ3n) is 10.5. The topological polar surface area (TPSA) is 75.7 Å². The largest absolute Gasteiger partial charge is 0.490 e. The zero-order chi connectivity index (χ0) is 28.4. The summed E-state index contributed by atoms with van der Waals surface area (Å²) in [7, 11) is -3.82. The normalized spacial score (nSPS) is 33.5. The molecule has 1 amide bonds. The molecular formula is C33H39ClN2O4S. The van der Waals surface area contributed by atoms with Crippen molar-refractivity contribution in [3.63, 3.8) is 0 Å². The molecular weight excluding hydrogens is 556 g/mol. The van der Waals surface area contributed by atoms with E-state index in [0.29, 0.717) is 42.3 Å². The van der Waals surface area contributed by atoms with Gasteiger partial charge in [-0.05, 0) is 123 Å². The maximum Gasteiger partial charge on any atom is 0.264 e. The molecule has 8 heteroatoms. The molecule has 2 aromatic carbocycles. The van der Waals surface area contributed by atoms with Crippen LogP contribution in [0.5, 0.6) is 5.75 Å². The maximum absolute atomic E-state index is 13.3. The number of sulfonamides is 1. The highest BCUT2D eigenvalue weighted by Crippen LogP contribution is 2.52. The summed E-state index contributed by atoms with van der Waals surface area (Å²) in [5, 5.41) is 0.0782. The molecule has 1 N–H and O–H groups in total. The van der Waals surface area contributed by atoms with Gasteiger partial charge in [0.15, 0.2) is 0 Å². The zero-order valence-corrected chi connectivity index (χ0v) is 25.2. The Morgan fingerprint density at radius 2 is 1.90 bits per heavy atom. The molecule has 2 saturated carbocycles. The first-order chi connectivity index (χ1) is 19.7. The van der Waals surface area contributed by atoms with E-state index in [0.717, 1.165) is 48.8 Å². The first-order valence-corrected chi connectivity index (χ1v) is 17.2. The number of hydrogen-bond donors (Lipinski definition) is 1. The fraction of sp³-hybridized carbons (Fsp3) is 0.545. The number of aryl methyl sites for hydroxylation is 1. The Hall–Kier alpha value is -2.51. The van der Waals surface area contributed by atoms with Gasteiger partial charge in [-0.1, -0.05) is 29.8 Å². The highest BCUT2D eigenvalue weighted by molar-refractivity contribution is 7.90. The molecule has 6 nitrogen and oxygen atoms in total. The Balaban J connectivity index is 1.31. The van der Waals surface area contributed by atoms with Crippen molar-refractivity contribution in [1.29, 1.82) is 0 Å². The number of carbonyl (C=O) groups excluding carboxylic acids is 1. The van der Waals surface area contributed by atoms with Crippen LogP contribution in [-0.4, -0.2) is 39.3 Å². The average Bonchev–Trinajstić information content (AvgIpc) is 3.78. The van der Waals surface area contributed by atoms with Crippen molar-refractivity contribution < 1.29 is 17.9 Å². The number of ether oxygens (including phenoxy) is 1. The van der Waals surface area contributed by atoms with Crippen molar-refractivity contribution in [2.24, 2.45) is 23.7 Å². The predicted octanol–water partition coefficient (Wildman–Crippen LogP) is 6.27. The monoisotopic (exact) mass is 594 g/mol. The number of fused-ring (bicyclic) bond motifs is 4. The molecule has 7 rings (SSSR count). The smallest absolute Gasteiger partial charge is 0.264 e. The van der Waals surface area contributed by atoms with Crippen molar-refractivity contribution in [2.45, 2.75) is 69.0 Å². The summed E-state index contributed by atoms with van der Waals surface area (Å²) < 4.78 is 35.1. The molecule has 3 unspecified atom stereocenters. The second-order valence-electron chi connectivity index (χ2n) is 13.2. The second kappa shape index (κ2) is 10.3. The van der Waals surface area contributed by atoms with Gasteiger partial charge in [0.25, 0.3) is 5.91 Å². The Morgan fingerprint density at radius 3 is 2.68 bits per heavy atom. The van der Waals surface area contributed by atoms with Gasteiger partial charge in [0, 0.05) is 29.1 Å². The Bertz CT molecular complexity index is 1500. The molecule has 5 aliphatic rings. The van der Waals surface area contributed by atoms with Crippen LogP contribution < -0.4 is 14.4 Å². The van der Waals surface area contributed by atoms with Crippen LogP contribution in [0.3, 0.4) is 0 Å². The van der Waals surface area contributed by atoms with E-state index in [1.165, 1.54) is 36.8 Å². The lowest BCUT2D eigenvalue weighted by Gasteiger charge is -2.46. The SMILES string of the molecule is C[C@@H]1C/C=C/C(C2CC2)C2CCC2CN2C[C@@]3(CCCc4cc(Cl)ccc43)COc3ccc(cc32)C(=O)NS1(=O)=O. The number of benzene rings is 2. The van der Waals surface area contributed by atoms with Crippen molar-refractivity contribution in [3.8, 4) is 5.75 Å². The minimum absolute atomic E-state index is 0.184. The average molecular weight is 595 g/mol. The van der Waals surface area contributed by atoms with Crippen LogP contribution in [-0.2, 0) is 21.9 Å². The number of allylic oxidation sites excluding steroid dienone is 2. The lowest BCUT2D eigenvalue weighted by Crippen LogP contribution is -2.49. The Kier molecular flexibility index (Phi) is 6.89. The van der Waals surface area contributed by atoms with E-state index in [4.69, 9.17) is 16.3 Å². The number of nitrogens with zero attached hydrogens (tertiary/aromatic N) is 1. The molecule has 2 heterocycles. The van der Waals surface area contributed by atoms with Gasteiger partial charge in [-0.15, -0.1) is 0 Å². The molecule has 2 aromatic rings. The number of halogens is 1. The van der Waals surface area contributed by atoms with E-state index in [-0.39, 0.29) is 5.41 Å². The molecule has 3 aliphatic carbocycles. The Morgan fingerprint density at radius 1 is 1.07 bits per heavy atom. The van der Waals surface area contributed by atoms with Crippen molar-refractivity contribution in [2.75, 3.05) is 24.6 Å². The number of anilines is 1. The van der Waals surface area contributed by atoms with Gasteiger partial charge in [0.05, 0.1) is 17.5 Å². The van der Waals surface area contributed by atoms with Gasteiger partial charge in [-0.2, -0.15) is 0 Å². The van der Waals surface area contributed by atoms with Crippen LogP contribution in [0.4, 0.5) is 5.69 Å². The minimum Gasteiger partial charge on any atom is -0.490 e. The molecule has 1 spiro atoms. The Labute approximate surface area is 248 Å². The number of amides is 1. The van der Waals surface area contributed by atoms with Gasteiger partial charge < -0.3 is 9.64 Å². The van der Waals surface area contributed by atoms with Gasteiger partial charge in [0.1, 0.15) is 5.75 Å². The molecule has 0 saturated heterocycles. The third kappa shape index (κ3) is 5.07. The van der Waals surface area contributed by atoms with E-state index < -0.39 is 21.2 Å². The molecule has 2 bridgehead atoms. The quantitative estimate of drug-likeness (QED) is 0.394. The fourth-order valence-electron chi connectivity index (χ4n) is 7.84. The molecule has 5 atom stereocenters. The molecule has 0 aromatic heterocycles. The van der Waals surface area contributed by atoms with Crippen molar-refractivity contribution in [1.82, 2.24) is 4.72 Å². The van der Waals surface area contributed by atoms with E-state index in [1.54, 1.807) is 13.0 Å². The highest BCUT2D eigenvalue weighted by Gasteiger charge is 2.46. The van der Waals surface area contributed by atoms with Gasteiger partial charge in [-0.3, -0.25) is 4.79 Å². The molecule has 2 fully saturated rings. The van der Waals surface area contributed by atoms with Crippen LogP contribution in [0.2, 0.25) is 5.02 Å². The number of hydrogen-bond acceptors (Lipinski definition) is 5. The van der Waals surface area contributed by atoms with Crippen LogP contribution in [0.25, 0.3) is 0 Å². The lowest BCUT2D eigenvalue weighted by molar-refractivity contribution is 0.0981. The lowest BCUT2D eigenvalue weighted by atomic mass is 9.65. The van der Waals surface area contributed by atoms with Crippen LogP contribution in [0.15, 0.2) is 48.6 Å². The van der Waals surface area contributed by atoms with Crippen LogP contribution in [0.1, 0.15) is 73.4 Å². The van der Waals surface area contributed by atoms with E-state index in [2.05, 4.69) is 33.9 Å². The van der Waals surface area contributed by atoms with Crippen LogP contribution in [0, 0.1) is 23.7 Å². The van der Waals surface area contributed by atoms with E-state index in [9.17, 15) is 13.2 Å².